The molecule has 1 aromatic rings. The number of ether oxygens (including phenoxy) is 1. The summed E-state index contributed by atoms with van der Waals surface area (Å²) in [7, 11) is 1.76. The molecule has 2 aliphatic rings. The third-order valence-electron chi connectivity index (χ3n) is 5.64. The lowest BCUT2D eigenvalue weighted by molar-refractivity contribution is -0.122. The van der Waals surface area contributed by atoms with Gasteiger partial charge in [0.25, 0.3) is 6.47 Å². The first kappa shape index (κ1) is 19.7. The Bertz CT molecular complexity index is 589. The van der Waals surface area contributed by atoms with Crippen molar-refractivity contribution >= 4 is 6.47 Å². The molecule has 1 saturated carbocycles. The van der Waals surface area contributed by atoms with Gasteiger partial charge in [0, 0.05) is 24.1 Å². The summed E-state index contributed by atoms with van der Waals surface area (Å²) < 4.78 is 5.63. The fourth-order valence-corrected chi connectivity index (χ4v) is 4.68. The maximum absolute atomic E-state index is 10.4. The lowest BCUT2D eigenvalue weighted by Crippen LogP contribution is -2.46. The Hall–Kier alpha value is -1.59. The molecule has 3 rings (SSSR count). The standard InChI is InChI=1S/C19H29NO2.CH2O2/c1-14-10-15(2)18(22-3)16(11-14)12-20-9-5-8-19(13-20)7-4-6-17(19)21;2-1-3/h10-11,17,21H,4-9,12-13H2,1-3H3;1H,(H,2,3)/t17-,19+;/m1./s1. The van der Waals surface area contributed by atoms with E-state index in [0.29, 0.717) is 0 Å². The number of rotatable bonds is 3. The van der Waals surface area contributed by atoms with Crippen molar-refractivity contribution in [3.63, 3.8) is 0 Å². The fourth-order valence-electron chi connectivity index (χ4n) is 4.68. The Morgan fingerprint density at radius 2 is 2.00 bits per heavy atom. The van der Waals surface area contributed by atoms with Crippen LogP contribution in [0.1, 0.15) is 48.8 Å². The average Bonchev–Trinajstić information content (AvgIpc) is 2.88. The summed E-state index contributed by atoms with van der Waals surface area (Å²) in [6.07, 6.45) is 5.65. The summed E-state index contributed by atoms with van der Waals surface area (Å²) in [6, 6.07) is 4.43. The number of methoxy groups -OCH3 is 1. The van der Waals surface area contributed by atoms with Gasteiger partial charge in [-0.2, -0.15) is 0 Å². The molecule has 5 heteroatoms. The molecule has 1 aliphatic carbocycles. The van der Waals surface area contributed by atoms with Gasteiger partial charge >= 0.3 is 0 Å². The molecule has 0 unspecified atom stereocenters. The highest BCUT2D eigenvalue weighted by Gasteiger charge is 2.44. The first-order chi connectivity index (χ1) is 12.0. The Morgan fingerprint density at radius 1 is 1.32 bits per heavy atom. The average molecular weight is 349 g/mol. The van der Waals surface area contributed by atoms with E-state index in [1.807, 2.05) is 0 Å². The van der Waals surface area contributed by atoms with Gasteiger partial charge in [-0.1, -0.05) is 24.1 Å². The van der Waals surface area contributed by atoms with E-state index in [-0.39, 0.29) is 18.0 Å². The molecule has 0 radical (unpaired) electrons. The van der Waals surface area contributed by atoms with Crippen LogP contribution in [-0.2, 0) is 11.3 Å². The van der Waals surface area contributed by atoms with Crippen LogP contribution >= 0.6 is 0 Å². The molecule has 2 fully saturated rings. The molecule has 1 aliphatic heterocycles. The van der Waals surface area contributed by atoms with Crippen molar-refractivity contribution < 1.29 is 19.7 Å². The molecule has 2 atom stereocenters. The van der Waals surface area contributed by atoms with Crippen molar-refractivity contribution in [3.8, 4) is 5.75 Å². The summed E-state index contributed by atoms with van der Waals surface area (Å²) in [6.45, 7) is 7.11. The van der Waals surface area contributed by atoms with Crippen LogP contribution in [0.4, 0.5) is 0 Å². The largest absolute Gasteiger partial charge is 0.496 e. The molecule has 5 nitrogen and oxygen atoms in total. The maximum atomic E-state index is 10.4. The van der Waals surface area contributed by atoms with Crippen molar-refractivity contribution in [2.45, 2.75) is 58.6 Å². The summed E-state index contributed by atoms with van der Waals surface area (Å²) in [5.74, 6) is 1.03. The molecule has 0 aromatic heterocycles. The minimum atomic E-state index is -0.250. The predicted molar refractivity (Wildman–Crippen MR) is 98.0 cm³/mol. The zero-order valence-electron chi connectivity index (χ0n) is 15.6. The molecule has 25 heavy (non-hydrogen) atoms. The topological polar surface area (TPSA) is 70.0 Å². The van der Waals surface area contributed by atoms with Gasteiger partial charge in [0.05, 0.1) is 13.2 Å². The van der Waals surface area contributed by atoms with Crippen LogP contribution in [0.3, 0.4) is 0 Å². The zero-order valence-corrected chi connectivity index (χ0v) is 15.6. The van der Waals surface area contributed by atoms with Gasteiger partial charge in [0.15, 0.2) is 0 Å². The van der Waals surface area contributed by atoms with Gasteiger partial charge in [-0.25, -0.2) is 0 Å². The number of hydrogen-bond acceptors (Lipinski definition) is 4. The van der Waals surface area contributed by atoms with Gasteiger partial charge in [0.1, 0.15) is 5.75 Å². The highest BCUT2D eigenvalue weighted by Crippen LogP contribution is 2.45. The van der Waals surface area contributed by atoms with Crippen LogP contribution in [-0.4, -0.2) is 47.9 Å². The fraction of sp³-hybridized carbons (Fsp3) is 0.650. The Labute approximate surface area is 150 Å². The van der Waals surface area contributed by atoms with Gasteiger partial charge < -0.3 is 14.9 Å². The molecule has 0 bridgehead atoms. The van der Waals surface area contributed by atoms with E-state index in [0.717, 1.165) is 31.8 Å². The van der Waals surface area contributed by atoms with Gasteiger partial charge in [-0.15, -0.1) is 0 Å². The zero-order chi connectivity index (χ0) is 18.4. The Morgan fingerprint density at radius 3 is 2.60 bits per heavy atom. The van der Waals surface area contributed by atoms with E-state index >= 15 is 0 Å². The molecular weight excluding hydrogens is 318 g/mol. The molecule has 1 saturated heterocycles. The number of benzene rings is 1. The quantitative estimate of drug-likeness (QED) is 0.821. The number of aliphatic hydroxyl groups is 1. The summed E-state index contributed by atoms with van der Waals surface area (Å²) in [4.78, 5) is 10.9. The number of hydrogen-bond donors (Lipinski definition) is 2. The molecule has 2 N–H and O–H groups in total. The smallest absolute Gasteiger partial charge is 0.290 e. The van der Waals surface area contributed by atoms with E-state index in [1.54, 1.807) is 7.11 Å². The number of piperidine rings is 1. The first-order valence-corrected chi connectivity index (χ1v) is 9.08. The first-order valence-electron chi connectivity index (χ1n) is 9.08. The summed E-state index contributed by atoms with van der Waals surface area (Å²) in [5.41, 5.74) is 3.94. The van der Waals surface area contributed by atoms with Crippen molar-refractivity contribution in [1.82, 2.24) is 4.90 Å². The molecule has 0 amide bonds. The van der Waals surface area contributed by atoms with Crippen molar-refractivity contribution in [3.05, 3.63) is 28.8 Å². The van der Waals surface area contributed by atoms with E-state index in [9.17, 15) is 5.11 Å². The normalized spacial score (nSPS) is 26.2. The number of aliphatic hydroxyl groups excluding tert-OH is 1. The van der Waals surface area contributed by atoms with E-state index in [1.165, 1.54) is 42.4 Å². The molecular formula is C20H31NO4. The van der Waals surface area contributed by atoms with Gasteiger partial charge in [0.2, 0.25) is 0 Å². The second-order valence-electron chi connectivity index (χ2n) is 7.46. The highest BCUT2D eigenvalue weighted by molar-refractivity contribution is 5.43. The van der Waals surface area contributed by atoms with E-state index in [4.69, 9.17) is 14.6 Å². The molecule has 1 spiro atoms. The van der Waals surface area contributed by atoms with E-state index in [2.05, 4.69) is 30.9 Å². The van der Waals surface area contributed by atoms with Crippen molar-refractivity contribution in [1.29, 1.82) is 0 Å². The lowest BCUT2D eigenvalue weighted by Gasteiger charge is -2.42. The monoisotopic (exact) mass is 349 g/mol. The minimum absolute atomic E-state index is 0.101. The molecule has 1 aromatic carbocycles. The number of aryl methyl sites for hydroxylation is 2. The number of likely N-dealkylation sites (tertiary alicyclic amines) is 1. The number of carbonyl (C=O) groups is 1. The van der Waals surface area contributed by atoms with Crippen LogP contribution < -0.4 is 4.74 Å². The van der Waals surface area contributed by atoms with Crippen LogP contribution in [0.2, 0.25) is 0 Å². The SMILES string of the molecule is COc1c(C)cc(C)cc1CN1CCC[C@@]2(CCC[C@H]2O)C1.O=CO. The van der Waals surface area contributed by atoms with Crippen LogP contribution in [0.15, 0.2) is 12.1 Å². The number of carboxylic acid groups (broad SMARTS) is 1. The van der Waals surface area contributed by atoms with Crippen molar-refractivity contribution in [2.75, 3.05) is 20.2 Å². The second kappa shape index (κ2) is 8.68. The van der Waals surface area contributed by atoms with E-state index < -0.39 is 0 Å². The third kappa shape index (κ3) is 4.53. The van der Waals surface area contributed by atoms with Gasteiger partial charge in [-0.05, 0) is 51.6 Å². The second-order valence-corrected chi connectivity index (χ2v) is 7.46. The lowest BCUT2D eigenvalue weighted by atomic mass is 9.76. The molecule has 1 heterocycles. The van der Waals surface area contributed by atoms with Crippen LogP contribution in [0, 0.1) is 19.3 Å². The van der Waals surface area contributed by atoms with Crippen molar-refractivity contribution in [2.24, 2.45) is 5.41 Å². The highest BCUT2D eigenvalue weighted by atomic mass is 16.5. The maximum Gasteiger partial charge on any atom is 0.290 e. The predicted octanol–water partition coefficient (Wildman–Crippen LogP) is 3.14. The number of nitrogens with zero attached hydrogens (tertiary/aromatic N) is 1. The minimum Gasteiger partial charge on any atom is -0.496 e. The summed E-state index contributed by atoms with van der Waals surface area (Å²) >= 11 is 0. The third-order valence-corrected chi connectivity index (χ3v) is 5.64. The Kier molecular flexibility index (Phi) is 6.85. The Balaban J connectivity index is 0.000000701. The molecule has 140 valence electrons. The summed E-state index contributed by atoms with van der Waals surface area (Å²) in [5, 5.41) is 17.3. The van der Waals surface area contributed by atoms with Gasteiger partial charge in [-0.3, -0.25) is 9.69 Å². The van der Waals surface area contributed by atoms with Crippen LogP contribution in [0.5, 0.6) is 5.75 Å². The van der Waals surface area contributed by atoms with Crippen LogP contribution in [0.25, 0.3) is 0 Å².